The van der Waals surface area contributed by atoms with Gasteiger partial charge in [0.1, 0.15) is 23.6 Å². The number of fused-ring (bicyclic) bond motifs is 2. The van der Waals surface area contributed by atoms with Gasteiger partial charge in [0.2, 0.25) is 0 Å². The molecule has 0 aliphatic heterocycles. The minimum Gasteiger partial charge on any atom is -0.372 e. The topological polar surface area (TPSA) is 67.7 Å². The van der Waals surface area contributed by atoms with Crippen molar-refractivity contribution < 1.29 is 0 Å². The molecule has 166 valence electrons. The molecule has 1 aromatic carbocycles. The van der Waals surface area contributed by atoms with Gasteiger partial charge in [-0.25, -0.2) is 15.0 Å². The van der Waals surface area contributed by atoms with Crippen LogP contribution in [0.4, 0.5) is 11.6 Å². The summed E-state index contributed by atoms with van der Waals surface area (Å²) in [6.45, 7) is 4.28. The fourth-order valence-corrected chi connectivity index (χ4v) is 5.09. The van der Waals surface area contributed by atoms with Crippen LogP contribution >= 0.6 is 0 Å². The van der Waals surface area contributed by atoms with Gasteiger partial charge in [-0.2, -0.15) is 0 Å². The van der Waals surface area contributed by atoms with Crippen molar-refractivity contribution in [3.8, 4) is 0 Å². The summed E-state index contributed by atoms with van der Waals surface area (Å²) in [4.78, 5) is 13.7. The molecule has 2 unspecified atom stereocenters. The first kappa shape index (κ1) is 20.7. The van der Waals surface area contributed by atoms with Gasteiger partial charge in [-0.15, -0.1) is 0 Å². The maximum absolute atomic E-state index is 4.81. The number of hydrogen-bond acceptors (Lipinski definition) is 5. The third kappa shape index (κ3) is 4.14. The van der Waals surface area contributed by atoms with Crippen molar-refractivity contribution in [2.45, 2.75) is 58.0 Å². The Morgan fingerprint density at radius 2 is 1.97 bits per heavy atom. The summed E-state index contributed by atoms with van der Waals surface area (Å²) in [5.41, 5.74) is 3.51. The number of anilines is 2. The zero-order chi connectivity index (χ0) is 22.1. The standard InChI is InChI=1S/C26H32N6/c1-17(2)30-24-11-9-20-8-6-19(15-23(20)31-24)5-4-18-7-10-21(14-18)32-13-12-22-25(27-3)28-16-29-26(22)32/h6,8-9,11-13,15-18,21H,4-5,7,10,14H2,1-3H3,(H,30,31)(H,27,28,29). The molecule has 0 amide bonds. The summed E-state index contributed by atoms with van der Waals surface area (Å²) in [7, 11) is 1.91. The largest absolute Gasteiger partial charge is 0.372 e. The fraction of sp³-hybridized carbons (Fsp3) is 0.423. The van der Waals surface area contributed by atoms with Crippen LogP contribution in [0.3, 0.4) is 0 Å². The van der Waals surface area contributed by atoms with E-state index >= 15 is 0 Å². The summed E-state index contributed by atoms with van der Waals surface area (Å²) in [5, 5.41) is 8.88. The highest BCUT2D eigenvalue weighted by Gasteiger charge is 2.27. The predicted octanol–water partition coefficient (Wildman–Crippen LogP) is 5.82. The van der Waals surface area contributed by atoms with Crippen LogP contribution in [0.15, 0.2) is 48.9 Å². The van der Waals surface area contributed by atoms with Crippen molar-refractivity contribution in [2.24, 2.45) is 5.92 Å². The lowest BCUT2D eigenvalue weighted by Gasteiger charge is -2.15. The predicted molar refractivity (Wildman–Crippen MR) is 132 cm³/mol. The molecular weight excluding hydrogens is 396 g/mol. The van der Waals surface area contributed by atoms with Gasteiger partial charge < -0.3 is 15.2 Å². The average molecular weight is 429 g/mol. The highest BCUT2D eigenvalue weighted by atomic mass is 15.1. The lowest BCUT2D eigenvalue weighted by Crippen LogP contribution is -2.10. The molecule has 2 atom stereocenters. The Kier molecular flexibility index (Phi) is 5.68. The number of benzene rings is 1. The molecule has 4 aromatic rings. The Bertz CT molecular complexity index is 1230. The summed E-state index contributed by atoms with van der Waals surface area (Å²) < 4.78 is 2.36. The highest BCUT2D eigenvalue weighted by molar-refractivity contribution is 5.87. The SMILES string of the molecule is CNc1ncnc2c1ccn2C1CCC(CCc2ccc3ccc(NC(C)C)nc3c2)C1. The van der Waals surface area contributed by atoms with Gasteiger partial charge in [-0.3, -0.25) is 0 Å². The van der Waals surface area contributed by atoms with Crippen molar-refractivity contribution in [1.29, 1.82) is 0 Å². The summed E-state index contributed by atoms with van der Waals surface area (Å²) >= 11 is 0. The van der Waals surface area contributed by atoms with Gasteiger partial charge in [0.25, 0.3) is 0 Å². The van der Waals surface area contributed by atoms with Gasteiger partial charge in [-0.1, -0.05) is 12.1 Å². The second-order valence-electron chi connectivity index (χ2n) is 9.33. The van der Waals surface area contributed by atoms with E-state index in [0.717, 1.165) is 40.5 Å². The Balaban J connectivity index is 1.25. The van der Waals surface area contributed by atoms with Crippen LogP contribution < -0.4 is 10.6 Å². The molecule has 5 rings (SSSR count). The molecule has 1 saturated carbocycles. The van der Waals surface area contributed by atoms with Crippen molar-refractivity contribution in [3.05, 3.63) is 54.5 Å². The van der Waals surface area contributed by atoms with Gasteiger partial charge in [-0.05, 0) is 81.7 Å². The minimum absolute atomic E-state index is 0.382. The average Bonchev–Trinajstić information content (AvgIpc) is 3.43. The van der Waals surface area contributed by atoms with Crippen LogP contribution in [0.5, 0.6) is 0 Å². The smallest absolute Gasteiger partial charge is 0.145 e. The van der Waals surface area contributed by atoms with Crippen molar-refractivity contribution >= 4 is 33.6 Å². The zero-order valence-corrected chi connectivity index (χ0v) is 19.2. The van der Waals surface area contributed by atoms with E-state index in [1.807, 2.05) is 7.05 Å². The lowest BCUT2D eigenvalue weighted by atomic mass is 9.97. The molecule has 2 N–H and O–H groups in total. The second-order valence-corrected chi connectivity index (χ2v) is 9.33. The van der Waals surface area contributed by atoms with E-state index in [2.05, 4.69) is 81.6 Å². The summed E-state index contributed by atoms with van der Waals surface area (Å²) in [6, 6.07) is 14.0. The van der Waals surface area contributed by atoms with E-state index in [0.29, 0.717) is 12.1 Å². The molecule has 0 bridgehead atoms. The molecular formula is C26H32N6. The molecule has 1 aliphatic rings. The zero-order valence-electron chi connectivity index (χ0n) is 19.2. The van der Waals surface area contributed by atoms with E-state index in [1.165, 1.54) is 36.6 Å². The van der Waals surface area contributed by atoms with Crippen LogP contribution in [0.2, 0.25) is 0 Å². The Morgan fingerprint density at radius 1 is 1.09 bits per heavy atom. The second kappa shape index (κ2) is 8.77. The molecule has 32 heavy (non-hydrogen) atoms. The Morgan fingerprint density at radius 3 is 2.81 bits per heavy atom. The van der Waals surface area contributed by atoms with Crippen LogP contribution in [0.25, 0.3) is 21.9 Å². The van der Waals surface area contributed by atoms with Gasteiger partial charge in [0.05, 0.1) is 10.9 Å². The quantitative estimate of drug-likeness (QED) is 0.388. The molecule has 0 saturated heterocycles. The molecule has 6 nitrogen and oxygen atoms in total. The van der Waals surface area contributed by atoms with Gasteiger partial charge >= 0.3 is 0 Å². The first-order valence-electron chi connectivity index (χ1n) is 11.8. The number of nitrogens with one attached hydrogen (secondary N) is 2. The van der Waals surface area contributed by atoms with Crippen LogP contribution in [0.1, 0.15) is 51.1 Å². The number of hydrogen-bond donors (Lipinski definition) is 2. The number of nitrogens with zero attached hydrogens (tertiary/aromatic N) is 4. The maximum Gasteiger partial charge on any atom is 0.145 e. The fourth-order valence-electron chi connectivity index (χ4n) is 5.09. The van der Waals surface area contributed by atoms with Crippen LogP contribution in [-0.4, -0.2) is 32.6 Å². The Labute approximate surface area is 189 Å². The van der Waals surface area contributed by atoms with Crippen molar-refractivity contribution in [3.63, 3.8) is 0 Å². The van der Waals surface area contributed by atoms with E-state index in [1.54, 1.807) is 6.33 Å². The van der Waals surface area contributed by atoms with Gasteiger partial charge in [0, 0.05) is 30.7 Å². The van der Waals surface area contributed by atoms with E-state index in [9.17, 15) is 0 Å². The molecule has 0 radical (unpaired) electrons. The summed E-state index contributed by atoms with van der Waals surface area (Å²) in [5.74, 6) is 2.60. The molecule has 0 spiro atoms. The van der Waals surface area contributed by atoms with Gasteiger partial charge in [0.15, 0.2) is 0 Å². The normalized spacial score (nSPS) is 18.6. The summed E-state index contributed by atoms with van der Waals surface area (Å²) in [6.07, 6.45) is 9.89. The molecule has 1 aliphatic carbocycles. The highest BCUT2D eigenvalue weighted by Crippen LogP contribution is 2.39. The first-order valence-corrected chi connectivity index (χ1v) is 11.8. The van der Waals surface area contributed by atoms with E-state index in [4.69, 9.17) is 4.98 Å². The monoisotopic (exact) mass is 428 g/mol. The van der Waals surface area contributed by atoms with E-state index in [-0.39, 0.29) is 0 Å². The maximum atomic E-state index is 4.81. The third-order valence-corrected chi connectivity index (χ3v) is 6.69. The number of rotatable bonds is 7. The van der Waals surface area contributed by atoms with Crippen LogP contribution in [0, 0.1) is 5.92 Å². The minimum atomic E-state index is 0.382. The third-order valence-electron chi connectivity index (χ3n) is 6.69. The number of aryl methyl sites for hydroxylation is 1. The number of aromatic nitrogens is 4. The van der Waals surface area contributed by atoms with Crippen LogP contribution in [-0.2, 0) is 6.42 Å². The Hall–Kier alpha value is -3.15. The van der Waals surface area contributed by atoms with E-state index < -0.39 is 0 Å². The lowest BCUT2D eigenvalue weighted by molar-refractivity contribution is 0.461. The molecule has 3 aromatic heterocycles. The molecule has 3 heterocycles. The van der Waals surface area contributed by atoms with Crippen molar-refractivity contribution in [1.82, 2.24) is 19.5 Å². The molecule has 6 heteroatoms. The number of pyridine rings is 1. The first-order chi connectivity index (χ1) is 15.6. The van der Waals surface area contributed by atoms with Crippen molar-refractivity contribution in [2.75, 3.05) is 17.7 Å². The molecule has 1 fully saturated rings.